The van der Waals surface area contributed by atoms with Crippen LogP contribution in [0.2, 0.25) is 0 Å². The summed E-state index contributed by atoms with van der Waals surface area (Å²) in [6.07, 6.45) is 0. The van der Waals surface area contributed by atoms with Crippen LogP contribution in [-0.2, 0) is 12.4 Å². The molecule has 0 fully saturated rings. The third-order valence-electron chi connectivity index (χ3n) is 3.33. The Kier molecular flexibility index (Phi) is 5.07. The van der Waals surface area contributed by atoms with E-state index < -0.39 is 0 Å². The summed E-state index contributed by atoms with van der Waals surface area (Å²) in [6.45, 7) is 6.36. The summed E-state index contributed by atoms with van der Waals surface area (Å²) in [5.74, 6) is 2.04. The van der Waals surface area contributed by atoms with Gasteiger partial charge in [0, 0.05) is 17.5 Å². The van der Waals surface area contributed by atoms with E-state index in [-0.39, 0.29) is 11.9 Å². The maximum atomic E-state index is 12.7. The molecule has 0 bridgehead atoms. The van der Waals surface area contributed by atoms with Crippen molar-refractivity contribution in [2.45, 2.75) is 39.2 Å². The van der Waals surface area contributed by atoms with Crippen molar-refractivity contribution in [3.63, 3.8) is 0 Å². The van der Waals surface area contributed by atoms with Crippen molar-refractivity contribution < 1.29 is 9.21 Å². The van der Waals surface area contributed by atoms with Crippen LogP contribution in [0.4, 0.5) is 0 Å². The van der Waals surface area contributed by atoms with Crippen LogP contribution >= 0.6 is 11.6 Å². The lowest BCUT2D eigenvalue weighted by Crippen LogP contribution is -2.36. The van der Waals surface area contributed by atoms with Crippen molar-refractivity contribution in [2.24, 2.45) is 0 Å². The highest BCUT2D eigenvalue weighted by Gasteiger charge is 2.20. The largest absolute Gasteiger partial charge is 0.464 e. The van der Waals surface area contributed by atoms with E-state index in [2.05, 4.69) is 0 Å². The highest BCUT2D eigenvalue weighted by Crippen LogP contribution is 2.16. The molecule has 3 nitrogen and oxygen atoms in total. The molecule has 1 aromatic heterocycles. The predicted octanol–water partition coefficient (Wildman–Crippen LogP) is 4.38. The normalized spacial score (nSPS) is 10.9. The second-order valence-corrected chi connectivity index (χ2v) is 5.64. The zero-order chi connectivity index (χ0) is 15.4. The van der Waals surface area contributed by atoms with Crippen LogP contribution in [0.15, 0.2) is 40.8 Å². The number of nitrogens with zero attached hydrogens (tertiary/aromatic N) is 1. The Morgan fingerprint density at radius 1 is 1.29 bits per heavy atom. The number of benzene rings is 1. The minimum atomic E-state index is -0.00832. The van der Waals surface area contributed by atoms with E-state index >= 15 is 0 Å². The molecule has 0 unspecified atom stereocenters. The van der Waals surface area contributed by atoms with Gasteiger partial charge in [-0.2, -0.15) is 0 Å². The SMILES string of the molecule is Cc1ccc(CN(C(=O)c2cccc(CCl)c2)C(C)C)o1. The highest BCUT2D eigenvalue weighted by atomic mass is 35.5. The summed E-state index contributed by atoms with van der Waals surface area (Å²) in [7, 11) is 0. The summed E-state index contributed by atoms with van der Waals surface area (Å²) in [6, 6.07) is 11.3. The number of halogens is 1. The topological polar surface area (TPSA) is 33.5 Å². The Hall–Kier alpha value is -1.74. The van der Waals surface area contributed by atoms with Crippen molar-refractivity contribution in [1.82, 2.24) is 4.90 Å². The maximum Gasteiger partial charge on any atom is 0.254 e. The lowest BCUT2D eigenvalue weighted by atomic mass is 10.1. The van der Waals surface area contributed by atoms with Crippen LogP contribution in [-0.4, -0.2) is 16.8 Å². The van der Waals surface area contributed by atoms with Crippen molar-refractivity contribution >= 4 is 17.5 Å². The first kappa shape index (κ1) is 15.6. The van der Waals surface area contributed by atoms with Crippen LogP contribution in [0.5, 0.6) is 0 Å². The van der Waals surface area contributed by atoms with Gasteiger partial charge < -0.3 is 9.32 Å². The molecular weight excluding hydrogens is 286 g/mol. The number of aryl methyl sites for hydroxylation is 1. The van der Waals surface area contributed by atoms with Gasteiger partial charge in [-0.05, 0) is 50.6 Å². The van der Waals surface area contributed by atoms with Crippen LogP contribution in [0, 0.1) is 6.92 Å². The Labute approximate surface area is 130 Å². The van der Waals surface area contributed by atoms with Gasteiger partial charge in [0.15, 0.2) is 0 Å². The molecule has 0 saturated heterocycles. The Bertz CT molecular complexity index is 619. The number of hydrogen-bond acceptors (Lipinski definition) is 2. The number of carbonyl (C=O) groups excluding carboxylic acids is 1. The van der Waals surface area contributed by atoms with Gasteiger partial charge in [-0.1, -0.05) is 12.1 Å². The molecule has 21 heavy (non-hydrogen) atoms. The maximum absolute atomic E-state index is 12.7. The molecule has 0 aliphatic heterocycles. The number of carbonyl (C=O) groups is 1. The standard InChI is InChI=1S/C17H20ClNO2/c1-12(2)19(11-16-8-7-13(3)21-16)17(20)15-6-4-5-14(9-15)10-18/h4-9,12H,10-11H2,1-3H3. The molecule has 1 heterocycles. The smallest absolute Gasteiger partial charge is 0.254 e. The zero-order valence-corrected chi connectivity index (χ0v) is 13.4. The lowest BCUT2D eigenvalue weighted by molar-refractivity contribution is 0.0675. The summed E-state index contributed by atoms with van der Waals surface area (Å²) in [5.41, 5.74) is 1.60. The third kappa shape index (κ3) is 3.88. The van der Waals surface area contributed by atoms with Crippen molar-refractivity contribution in [1.29, 1.82) is 0 Å². The molecule has 0 spiro atoms. The molecule has 2 aromatic rings. The van der Waals surface area contributed by atoms with E-state index in [1.54, 1.807) is 4.90 Å². The molecule has 112 valence electrons. The number of alkyl halides is 1. The van der Waals surface area contributed by atoms with E-state index in [1.165, 1.54) is 0 Å². The Balaban J connectivity index is 2.22. The summed E-state index contributed by atoms with van der Waals surface area (Å²) < 4.78 is 5.58. The summed E-state index contributed by atoms with van der Waals surface area (Å²) in [5, 5.41) is 0. The molecule has 0 aliphatic rings. The van der Waals surface area contributed by atoms with Crippen molar-refractivity contribution in [3.05, 3.63) is 59.0 Å². The minimum absolute atomic E-state index is 0.00832. The molecule has 2 rings (SSSR count). The second kappa shape index (κ2) is 6.81. The highest BCUT2D eigenvalue weighted by molar-refractivity contribution is 6.17. The van der Waals surface area contributed by atoms with E-state index in [1.807, 2.05) is 57.2 Å². The van der Waals surface area contributed by atoms with Crippen molar-refractivity contribution in [2.75, 3.05) is 0 Å². The van der Waals surface area contributed by atoms with Gasteiger partial charge >= 0.3 is 0 Å². The second-order valence-electron chi connectivity index (χ2n) is 5.37. The fourth-order valence-electron chi connectivity index (χ4n) is 2.18. The molecular formula is C17H20ClNO2. The van der Waals surface area contributed by atoms with Crippen LogP contribution in [0.1, 0.15) is 41.3 Å². The third-order valence-corrected chi connectivity index (χ3v) is 3.64. The van der Waals surface area contributed by atoms with Crippen LogP contribution < -0.4 is 0 Å². The molecule has 0 saturated carbocycles. The molecule has 4 heteroatoms. The number of rotatable bonds is 5. The quantitative estimate of drug-likeness (QED) is 0.768. The van der Waals surface area contributed by atoms with E-state index in [0.717, 1.165) is 17.1 Å². The fraction of sp³-hybridized carbons (Fsp3) is 0.353. The van der Waals surface area contributed by atoms with E-state index in [9.17, 15) is 4.79 Å². The molecule has 1 amide bonds. The van der Waals surface area contributed by atoms with Crippen LogP contribution in [0.3, 0.4) is 0 Å². The van der Waals surface area contributed by atoms with Gasteiger partial charge in [0.05, 0.1) is 6.54 Å². The molecule has 0 N–H and O–H groups in total. The van der Waals surface area contributed by atoms with E-state index in [4.69, 9.17) is 16.0 Å². The first-order valence-electron chi connectivity index (χ1n) is 7.02. The van der Waals surface area contributed by atoms with Gasteiger partial charge in [-0.3, -0.25) is 4.79 Å². The first-order chi connectivity index (χ1) is 10.0. The number of amides is 1. The van der Waals surface area contributed by atoms with Gasteiger partial charge in [0.2, 0.25) is 0 Å². The molecule has 1 aromatic carbocycles. The Morgan fingerprint density at radius 3 is 2.62 bits per heavy atom. The van der Waals surface area contributed by atoms with Crippen LogP contribution in [0.25, 0.3) is 0 Å². The van der Waals surface area contributed by atoms with Gasteiger partial charge in [0.1, 0.15) is 11.5 Å². The molecule has 0 aliphatic carbocycles. The number of furan rings is 1. The van der Waals surface area contributed by atoms with Crippen molar-refractivity contribution in [3.8, 4) is 0 Å². The lowest BCUT2D eigenvalue weighted by Gasteiger charge is -2.26. The Morgan fingerprint density at radius 2 is 2.05 bits per heavy atom. The molecule has 0 atom stereocenters. The monoisotopic (exact) mass is 305 g/mol. The minimum Gasteiger partial charge on any atom is -0.464 e. The first-order valence-corrected chi connectivity index (χ1v) is 7.56. The van der Waals surface area contributed by atoms with Gasteiger partial charge in [-0.15, -0.1) is 11.6 Å². The van der Waals surface area contributed by atoms with Gasteiger partial charge in [-0.25, -0.2) is 0 Å². The predicted molar refractivity (Wildman–Crippen MR) is 84.5 cm³/mol. The summed E-state index contributed by atoms with van der Waals surface area (Å²) >= 11 is 5.84. The van der Waals surface area contributed by atoms with E-state index in [0.29, 0.717) is 18.0 Å². The summed E-state index contributed by atoms with van der Waals surface area (Å²) in [4.78, 5) is 14.5. The zero-order valence-electron chi connectivity index (χ0n) is 12.6. The fourth-order valence-corrected chi connectivity index (χ4v) is 2.35. The average molecular weight is 306 g/mol. The molecule has 0 radical (unpaired) electrons. The average Bonchev–Trinajstić information content (AvgIpc) is 2.89. The van der Waals surface area contributed by atoms with Gasteiger partial charge in [0.25, 0.3) is 5.91 Å². The number of hydrogen-bond donors (Lipinski definition) is 0.